The highest BCUT2D eigenvalue weighted by molar-refractivity contribution is 6.08. The Morgan fingerprint density at radius 1 is 1.10 bits per heavy atom. The number of aryl methyl sites for hydroxylation is 1. The van der Waals surface area contributed by atoms with E-state index in [-0.39, 0.29) is 0 Å². The van der Waals surface area contributed by atoms with Crippen molar-refractivity contribution in [2.75, 3.05) is 0 Å². The first-order chi connectivity index (χ1) is 10.1. The number of fused-ring (bicyclic) bond motifs is 3. The predicted molar refractivity (Wildman–Crippen MR) is 87.7 cm³/mol. The normalized spacial score (nSPS) is 10.4. The molecule has 0 unspecified atom stereocenters. The van der Waals surface area contributed by atoms with E-state index in [4.69, 9.17) is 9.90 Å². The number of hydrogen-bond acceptors (Lipinski definition) is 1. The first-order valence-corrected chi connectivity index (χ1v) is 7.31. The molecule has 0 aliphatic heterocycles. The number of carbonyl (C=O) groups is 1. The third-order valence-corrected chi connectivity index (χ3v) is 3.43. The summed E-state index contributed by atoms with van der Waals surface area (Å²) >= 11 is 0. The van der Waals surface area contributed by atoms with Gasteiger partial charge in [-0.25, -0.2) is 0 Å². The van der Waals surface area contributed by atoms with Crippen molar-refractivity contribution in [1.29, 1.82) is 0 Å². The van der Waals surface area contributed by atoms with Gasteiger partial charge in [0.05, 0.1) is 0 Å². The lowest BCUT2D eigenvalue weighted by Gasteiger charge is -2.01. The van der Waals surface area contributed by atoms with Gasteiger partial charge in [0.15, 0.2) is 0 Å². The third kappa shape index (κ3) is 3.63. The third-order valence-electron chi connectivity index (χ3n) is 3.43. The number of para-hydroxylation sites is 2. The molecule has 0 atom stereocenters. The maximum absolute atomic E-state index is 9.00. The van der Waals surface area contributed by atoms with Crippen molar-refractivity contribution in [3.05, 3.63) is 48.0 Å². The highest BCUT2D eigenvalue weighted by Crippen LogP contribution is 2.28. The number of benzene rings is 2. The Hall–Kier alpha value is -2.29. The molecule has 0 aliphatic rings. The van der Waals surface area contributed by atoms with Gasteiger partial charge in [0.2, 0.25) is 0 Å². The van der Waals surface area contributed by atoms with Crippen LogP contribution in [0.15, 0.2) is 42.5 Å². The van der Waals surface area contributed by atoms with Gasteiger partial charge in [-0.1, -0.05) is 49.7 Å². The van der Waals surface area contributed by atoms with Crippen molar-refractivity contribution in [2.24, 2.45) is 0 Å². The van der Waals surface area contributed by atoms with Gasteiger partial charge in [-0.15, -0.1) is 0 Å². The highest BCUT2D eigenvalue weighted by atomic mass is 16.4. The summed E-state index contributed by atoms with van der Waals surface area (Å²) in [6.07, 6.45) is 3.67. The van der Waals surface area contributed by atoms with Crippen LogP contribution in [0.5, 0.6) is 0 Å². The van der Waals surface area contributed by atoms with Gasteiger partial charge in [-0.05, 0) is 24.5 Å². The van der Waals surface area contributed by atoms with E-state index >= 15 is 0 Å². The molecule has 0 spiro atoms. The average Bonchev–Trinajstić information content (AvgIpc) is 2.84. The van der Waals surface area contributed by atoms with Crippen LogP contribution < -0.4 is 0 Å². The Bertz CT molecular complexity index is 739. The van der Waals surface area contributed by atoms with Crippen LogP contribution in [0.25, 0.3) is 21.8 Å². The molecule has 2 N–H and O–H groups in total. The monoisotopic (exact) mass is 283 g/mol. The van der Waals surface area contributed by atoms with Crippen LogP contribution in [0.2, 0.25) is 0 Å². The van der Waals surface area contributed by atoms with Crippen molar-refractivity contribution < 1.29 is 9.90 Å². The smallest absolute Gasteiger partial charge is 0.300 e. The van der Waals surface area contributed by atoms with Crippen LogP contribution in [-0.2, 0) is 11.2 Å². The summed E-state index contributed by atoms with van der Waals surface area (Å²) < 4.78 is 0. The van der Waals surface area contributed by atoms with Crippen LogP contribution in [0.1, 0.15) is 32.3 Å². The second kappa shape index (κ2) is 6.93. The largest absolute Gasteiger partial charge is 0.481 e. The predicted octanol–water partition coefficient (Wildman–Crippen LogP) is 4.75. The maximum atomic E-state index is 9.00. The van der Waals surface area contributed by atoms with E-state index in [1.54, 1.807) is 0 Å². The molecule has 3 aromatic rings. The first-order valence-electron chi connectivity index (χ1n) is 7.31. The van der Waals surface area contributed by atoms with Crippen molar-refractivity contribution in [3.8, 4) is 0 Å². The number of hydrogen-bond donors (Lipinski definition) is 2. The minimum absolute atomic E-state index is 0.833. The number of aromatic amines is 1. The number of unbranched alkanes of at least 4 members (excludes halogenated alkanes) is 1. The molecule has 3 heteroatoms. The van der Waals surface area contributed by atoms with E-state index in [0.29, 0.717) is 0 Å². The molecule has 0 fully saturated rings. The number of aromatic nitrogens is 1. The fourth-order valence-electron chi connectivity index (χ4n) is 2.51. The maximum Gasteiger partial charge on any atom is 0.300 e. The summed E-state index contributed by atoms with van der Waals surface area (Å²) in [4.78, 5) is 12.6. The van der Waals surface area contributed by atoms with Crippen molar-refractivity contribution >= 4 is 27.8 Å². The van der Waals surface area contributed by atoms with Gasteiger partial charge in [0, 0.05) is 28.7 Å². The van der Waals surface area contributed by atoms with E-state index < -0.39 is 5.97 Å². The van der Waals surface area contributed by atoms with Gasteiger partial charge in [-0.2, -0.15) is 0 Å². The summed E-state index contributed by atoms with van der Waals surface area (Å²) in [5.41, 5.74) is 4.01. The topological polar surface area (TPSA) is 53.1 Å². The first kappa shape index (κ1) is 15.1. The second-order valence-electron chi connectivity index (χ2n) is 5.13. The Morgan fingerprint density at radius 2 is 1.76 bits per heavy atom. The molecule has 110 valence electrons. The fourth-order valence-corrected chi connectivity index (χ4v) is 2.51. The lowest BCUT2D eigenvalue weighted by molar-refractivity contribution is -0.134. The number of rotatable bonds is 3. The second-order valence-corrected chi connectivity index (χ2v) is 5.13. The van der Waals surface area contributed by atoms with E-state index in [2.05, 4.69) is 54.4 Å². The minimum Gasteiger partial charge on any atom is -0.481 e. The Morgan fingerprint density at radius 3 is 2.48 bits per heavy atom. The SMILES string of the molecule is CC(=O)O.CCCCc1cccc2c1[nH]c1ccccc12. The Labute approximate surface area is 124 Å². The number of carboxylic acid groups (broad SMARTS) is 1. The number of H-pyrrole nitrogens is 1. The molecule has 0 aliphatic carbocycles. The molecule has 1 heterocycles. The molecule has 0 bridgehead atoms. The van der Waals surface area contributed by atoms with Crippen molar-refractivity contribution in [2.45, 2.75) is 33.1 Å². The highest BCUT2D eigenvalue weighted by Gasteiger charge is 2.06. The molecular formula is C18H21NO2. The standard InChI is InChI=1S/C16H17N.C2H4O2/c1-2-3-7-12-8-6-10-14-13-9-4-5-11-15(13)17-16(12)14;1-2(3)4/h4-6,8-11,17H,2-3,7H2,1H3;1H3,(H,3,4). The average molecular weight is 283 g/mol. The van der Waals surface area contributed by atoms with Gasteiger partial charge < -0.3 is 10.1 Å². The van der Waals surface area contributed by atoms with Crippen LogP contribution in [0, 0.1) is 0 Å². The van der Waals surface area contributed by atoms with E-state index in [1.165, 1.54) is 46.6 Å². The molecule has 2 aromatic carbocycles. The van der Waals surface area contributed by atoms with Gasteiger partial charge >= 0.3 is 0 Å². The zero-order valence-electron chi connectivity index (χ0n) is 12.5. The van der Waals surface area contributed by atoms with Crippen LogP contribution in [-0.4, -0.2) is 16.1 Å². The van der Waals surface area contributed by atoms with Crippen molar-refractivity contribution in [3.63, 3.8) is 0 Å². The lowest BCUT2D eigenvalue weighted by atomic mass is 10.0. The summed E-state index contributed by atoms with van der Waals surface area (Å²) in [7, 11) is 0. The van der Waals surface area contributed by atoms with Crippen molar-refractivity contribution in [1.82, 2.24) is 4.98 Å². The molecule has 1 aromatic heterocycles. The molecule has 0 saturated heterocycles. The molecule has 0 amide bonds. The van der Waals surface area contributed by atoms with Gasteiger partial charge in [-0.3, -0.25) is 4.79 Å². The Kier molecular flexibility index (Phi) is 4.99. The quantitative estimate of drug-likeness (QED) is 0.728. The van der Waals surface area contributed by atoms with Crippen LogP contribution >= 0.6 is 0 Å². The number of aliphatic carboxylic acids is 1. The molecule has 3 rings (SSSR count). The number of carboxylic acids is 1. The van der Waals surface area contributed by atoms with Crippen LogP contribution in [0.4, 0.5) is 0 Å². The minimum atomic E-state index is -0.833. The van der Waals surface area contributed by atoms with E-state index in [1.807, 2.05) is 0 Å². The molecule has 21 heavy (non-hydrogen) atoms. The zero-order chi connectivity index (χ0) is 15.2. The Balaban J connectivity index is 0.000000361. The van der Waals surface area contributed by atoms with E-state index in [0.717, 1.165) is 6.92 Å². The molecule has 3 nitrogen and oxygen atoms in total. The fraction of sp³-hybridized carbons (Fsp3) is 0.278. The van der Waals surface area contributed by atoms with E-state index in [9.17, 15) is 0 Å². The summed E-state index contributed by atoms with van der Waals surface area (Å²) in [5.74, 6) is -0.833. The van der Waals surface area contributed by atoms with Gasteiger partial charge in [0.25, 0.3) is 5.97 Å². The lowest BCUT2D eigenvalue weighted by Crippen LogP contribution is -1.86. The summed E-state index contributed by atoms with van der Waals surface area (Å²) in [6, 6.07) is 15.2. The van der Waals surface area contributed by atoms with Gasteiger partial charge in [0.1, 0.15) is 0 Å². The molecule has 0 saturated carbocycles. The summed E-state index contributed by atoms with van der Waals surface area (Å²) in [5, 5.41) is 10.1. The molecule has 0 radical (unpaired) electrons. The van der Waals surface area contributed by atoms with Crippen LogP contribution in [0.3, 0.4) is 0 Å². The number of nitrogens with one attached hydrogen (secondary N) is 1. The zero-order valence-corrected chi connectivity index (χ0v) is 12.5. The summed E-state index contributed by atoms with van der Waals surface area (Å²) in [6.45, 7) is 3.32. The molecular weight excluding hydrogens is 262 g/mol.